The molecule has 0 spiro atoms. The van der Waals surface area contributed by atoms with Gasteiger partial charge in [0.15, 0.2) is 0 Å². The van der Waals surface area contributed by atoms with E-state index in [2.05, 4.69) is 10.2 Å². The van der Waals surface area contributed by atoms with E-state index < -0.39 is 0 Å². The van der Waals surface area contributed by atoms with Crippen molar-refractivity contribution < 1.29 is 9.47 Å². The van der Waals surface area contributed by atoms with Crippen molar-refractivity contribution >= 4 is 0 Å². The molecular weight excluding hydrogens is 204 g/mol. The molecule has 1 saturated heterocycles. The average Bonchev–Trinajstić information content (AvgIpc) is 2.73. The molecule has 1 fully saturated rings. The molecular formula is C12H26N2O2. The third kappa shape index (κ3) is 5.25. The van der Waals surface area contributed by atoms with Crippen LogP contribution < -0.4 is 5.32 Å². The lowest BCUT2D eigenvalue weighted by Gasteiger charge is -2.24. The zero-order valence-corrected chi connectivity index (χ0v) is 10.7. The van der Waals surface area contributed by atoms with Crippen molar-refractivity contribution in [3.05, 3.63) is 0 Å². The molecule has 0 amide bonds. The van der Waals surface area contributed by atoms with Crippen molar-refractivity contribution in [2.24, 2.45) is 0 Å². The number of methoxy groups -OCH3 is 1. The number of likely N-dealkylation sites (tertiary alicyclic amines) is 1. The van der Waals surface area contributed by atoms with Crippen molar-refractivity contribution in [1.29, 1.82) is 0 Å². The fraction of sp³-hybridized carbons (Fsp3) is 1.00. The first-order chi connectivity index (χ1) is 7.88. The van der Waals surface area contributed by atoms with Gasteiger partial charge in [0.05, 0.1) is 13.2 Å². The molecule has 16 heavy (non-hydrogen) atoms. The summed E-state index contributed by atoms with van der Waals surface area (Å²) in [5.41, 5.74) is 0. The summed E-state index contributed by atoms with van der Waals surface area (Å²) in [5.74, 6) is 0. The maximum Gasteiger partial charge on any atom is 0.0593 e. The Balaban J connectivity index is 2.08. The van der Waals surface area contributed by atoms with Gasteiger partial charge in [-0.2, -0.15) is 0 Å². The molecule has 4 heteroatoms. The Morgan fingerprint density at radius 2 is 2.25 bits per heavy atom. The second-order valence-corrected chi connectivity index (χ2v) is 4.23. The van der Waals surface area contributed by atoms with Gasteiger partial charge in [0, 0.05) is 39.4 Å². The summed E-state index contributed by atoms with van der Waals surface area (Å²) >= 11 is 0. The molecule has 4 nitrogen and oxygen atoms in total. The van der Waals surface area contributed by atoms with Crippen molar-refractivity contribution in [2.45, 2.75) is 25.8 Å². The van der Waals surface area contributed by atoms with Gasteiger partial charge in [0.1, 0.15) is 0 Å². The Morgan fingerprint density at radius 1 is 1.38 bits per heavy atom. The summed E-state index contributed by atoms with van der Waals surface area (Å²) in [6, 6.07) is 0.692. The predicted octanol–water partition coefficient (Wildman–Crippen LogP) is 0.723. The van der Waals surface area contributed by atoms with E-state index >= 15 is 0 Å². The first kappa shape index (κ1) is 13.9. The van der Waals surface area contributed by atoms with Gasteiger partial charge >= 0.3 is 0 Å². The molecule has 0 bridgehead atoms. The highest BCUT2D eigenvalue weighted by atomic mass is 16.5. The van der Waals surface area contributed by atoms with Gasteiger partial charge in [-0.3, -0.25) is 4.90 Å². The summed E-state index contributed by atoms with van der Waals surface area (Å²) in [6.45, 7) is 8.87. The van der Waals surface area contributed by atoms with Crippen LogP contribution in [0.25, 0.3) is 0 Å². The highest BCUT2D eigenvalue weighted by molar-refractivity contribution is 4.80. The molecule has 1 aliphatic heterocycles. The second kappa shape index (κ2) is 8.93. The molecule has 0 aliphatic carbocycles. The minimum atomic E-state index is 0.692. The predicted molar refractivity (Wildman–Crippen MR) is 65.8 cm³/mol. The molecule has 1 heterocycles. The molecule has 0 aromatic carbocycles. The zero-order chi connectivity index (χ0) is 11.6. The standard InChI is InChI=1S/C12H26N2O2/c1-3-16-10-8-14-7-4-5-12(14)11-13-6-9-15-2/h12-13H,3-11H2,1-2H3. The lowest BCUT2D eigenvalue weighted by molar-refractivity contribution is 0.107. The molecule has 96 valence electrons. The van der Waals surface area contributed by atoms with Crippen LogP contribution in [-0.2, 0) is 9.47 Å². The second-order valence-electron chi connectivity index (χ2n) is 4.23. The Morgan fingerprint density at radius 3 is 3.00 bits per heavy atom. The number of rotatable bonds is 9. The van der Waals surface area contributed by atoms with Gasteiger partial charge in [0.2, 0.25) is 0 Å². The highest BCUT2D eigenvalue weighted by Gasteiger charge is 2.23. The summed E-state index contributed by atoms with van der Waals surface area (Å²) < 4.78 is 10.4. The number of nitrogens with one attached hydrogen (secondary N) is 1. The van der Waals surface area contributed by atoms with Gasteiger partial charge in [-0.15, -0.1) is 0 Å². The number of hydrogen-bond donors (Lipinski definition) is 1. The van der Waals surface area contributed by atoms with Crippen LogP contribution in [0.4, 0.5) is 0 Å². The SMILES string of the molecule is CCOCCN1CCCC1CNCCOC. The van der Waals surface area contributed by atoms with Crippen molar-refractivity contribution in [1.82, 2.24) is 10.2 Å². The van der Waals surface area contributed by atoms with Gasteiger partial charge < -0.3 is 14.8 Å². The summed E-state index contributed by atoms with van der Waals surface area (Å²) in [5, 5.41) is 3.44. The number of nitrogens with zero attached hydrogens (tertiary/aromatic N) is 1. The van der Waals surface area contributed by atoms with E-state index in [1.165, 1.54) is 19.4 Å². The first-order valence-corrected chi connectivity index (χ1v) is 6.40. The molecule has 0 radical (unpaired) electrons. The largest absolute Gasteiger partial charge is 0.383 e. The van der Waals surface area contributed by atoms with Gasteiger partial charge in [-0.25, -0.2) is 0 Å². The van der Waals surface area contributed by atoms with Gasteiger partial charge in [-0.1, -0.05) is 0 Å². The molecule has 1 rings (SSSR count). The number of ether oxygens (including phenoxy) is 2. The first-order valence-electron chi connectivity index (χ1n) is 6.40. The van der Waals surface area contributed by atoms with Gasteiger partial charge in [-0.05, 0) is 26.3 Å². The fourth-order valence-corrected chi connectivity index (χ4v) is 2.19. The third-order valence-electron chi connectivity index (χ3n) is 3.09. The van der Waals surface area contributed by atoms with E-state index in [0.717, 1.165) is 39.5 Å². The van der Waals surface area contributed by atoms with Crippen LogP contribution in [0.5, 0.6) is 0 Å². The zero-order valence-electron chi connectivity index (χ0n) is 10.7. The fourth-order valence-electron chi connectivity index (χ4n) is 2.19. The smallest absolute Gasteiger partial charge is 0.0593 e. The van der Waals surface area contributed by atoms with Crippen LogP contribution in [0.2, 0.25) is 0 Å². The minimum Gasteiger partial charge on any atom is -0.383 e. The van der Waals surface area contributed by atoms with Crippen LogP contribution in [0, 0.1) is 0 Å². The van der Waals surface area contributed by atoms with Crippen LogP contribution in [0.1, 0.15) is 19.8 Å². The van der Waals surface area contributed by atoms with Crippen molar-refractivity contribution in [3.63, 3.8) is 0 Å². The summed E-state index contributed by atoms with van der Waals surface area (Å²) in [4.78, 5) is 2.54. The maximum atomic E-state index is 5.40. The summed E-state index contributed by atoms with van der Waals surface area (Å²) in [7, 11) is 1.74. The Bertz CT molecular complexity index is 167. The van der Waals surface area contributed by atoms with Crippen LogP contribution >= 0.6 is 0 Å². The van der Waals surface area contributed by atoms with Crippen molar-refractivity contribution in [2.75, 3.05) is 53.1 Å². The molecule has 0 aromatic rings. The Kier molecular flexibility index (Phi) is 7.76. The lowest BCUT2D eigenvalue weighted by atomic mass is 10.2. The van der Waals surface area contributed by atoms with Crippen LogP contribution in [0.3, 0.4) is 0 Å². The summed E-state index contributed by atoms with van der Waals surface area (Å²) in [6.07, 6.45) is 2.63. The monoisotopic (exact) mass is 230 g/mol. The average molecular weight is 230 g/mol. The third-order valence-corrected chi connectivity index (χ3v) is 3.09. The molecule has 1 atom stereocenters. The van der Waals surface area contributed by atoms with E-state index in [9.17, 15) is 0 Å². The molecule has 1 aliphatic rings. The van der Waals surface area contributed by atoms with E-state index in [-0.39, 0.29) is 0 Å². The molecule has 1 N–H and O–H groups in total. The molecule has 1 unspecified atom stereocenters. The van der Waals surface area contributed by atoms with E-state index in [1.807, 2.05) is 6.92 Å². The Labute approximate surface area is 99.3 Å². The lowest BCUT2D eigenvalue weighted by Crippen LogP contribution is -2.40. The minimum absolute atomic E-state index is 0.692. The Hall–Kier alpha value is -0.160. The van der Waals surface area contributed by atoms with Gasteiger partial charge in [0.25, 0.3) is 0 Å². The van der Waals surface area contributed by atoms with Crippen LogP contribution in [-0.4, -0.2) is 64.1 Å². The maximum absolute atomic E-state index is 5.40. The number of hydrogen-bond acceptors (Lipinski definition) is 4. The quantitative estimate of drug-likeness (QED) is 0.592. The van der Waals surface area contributed by atoms with E-state index in [0.29, 0.717) is 6.04 Å². The van der Waals surface area contributed by atoms with Crippen LogP contribution in [0.15, 0.2) is 0 Å². The molecule has 0 aromatic heterocycles. The van der Waals surface area contributed by atoms with E-state index in [1.54, 1.807) is 7.11 Å². The van der Waals surface area contributed by atoms with E-state index in [4.69, 9.17) is 9.47 Å². The van der Waals surface area contributed by atoms with Crippen molar-refractivity contribution in [3.8, 4) is 0 Å². The topological polar surface area (TPSA) is 33.7 Å². The normalized spacial score (nSPS) is 21.8. The molecule has 0 saturated carbocycles. The highest BCUT2D eigenvalue weighted by Crippen LogP contribution is 2.15.